The number of para-hydroxylation sites is 1. The molecule has 5 heteroatoms. The van der Waals surface area contributed by atoms with Crippen molar-refractivity contribution in [2.45, 2.75) is 31.9 Å². The van der Waals surface area contributed by atoms with Crippen LogP contribution in [0.4, 0.5) is 0 Å². The molecule has 1 aliphatic heterocycles. The Hall–Kier alpha value is -2.82. The van der Waals surface area contributed by atoms with Gasteiger partial charge in [-0.2, -0.15) is 0 Å². The second-order valence-electron chi connectivity index (χ2n) is 6.15. The van der Waals surface area contributed by atoms with Gasteiger partial charge in [-0.1, -0.05) is 36.4 Å². The predicted molar refractivity (Wildman–Crippen MR) is 93.5 cm³/mol. The van der Waals surface area contributed by atoms with E-state index < -0.39 is 5.97 Å². The first-order valence-corrected chi connectivity index (χ1v) is 8.43. The highest BCUT2D eigenvalue weighted by atomic mass is 16.5. The normalized spacial score (nSPS) is 16.6. The molecule has 0 bridgehead atoms. The van der Waals surface area contributed by atoms with Gasteiger partial charge in [-0.25, -0.2) is 0 Å². The summed E-state index contributed by atoms with van der Waals surface area (Å²) in [4.78, 5) is 25.7. The molecule has 0 aromatic heterocycles. The van der Waals surface area contributed by atoms with Crippen LogP contribution in [0.15, 0.2) is 54.6 Å². The minimum Gasteiger partial charge on any atom is -0.489 e. The molecular formula is C20H21NO4. The van der Waals surface area contributed by atoms with Crippen LogP contribution in [0, 0.1) is 0 Å². The second kappa shape index (κ2) is 7.83. The lowest BCUT2D eigenvalue weighted by atomic mass is 10.1. The van der Waals surface area contributed by atoms with E-state index in [9.17, 15) is 9.59 Å². The fraction of sp³-hybridized carbons (Fsp3) is 0.300. The van der Waals surface area contributed by atoms with E-state index >= 15 is 0 Å². The average Bonchev–Trinajstić information content (AvgIpc) is 3.08. The molecule has 1 fully saturated rings. The van der Waals surface area contributed by atoms with Crippen molar-refractivity contribution in [1.82, 2.24) is 4.90 Å². The third kappa shape index (κ3) is 4.18. The smallest absolute Gasteiger partial charge is 0.305 e. The van der Waals surface area contributed by atoms with Crippen LogP contribution in [0.2, 0.25) is 0 Å². The maximum atomic E-state index is 12.9. The number of carbonyl (C=O) groups is 2. The van der Waals surface area contributed by atoms with E-state index in [0.29, 0.717) is 18.7 Å². The second-order valence-corrected chi connectivity index (χ2v) is 6.15. The number of nitrogens with zero attached hydrogens (tertiary/aromatic N) is 1. The molecular weight excluding hydrogens is 318 g/mol. The molecule has 1 N–H and O–H groups in total. The van der Waals surface area contributed by atoms with Gasteiger partial charge in [0, 0.05) is 23.7 Å². The lowest BCUT2D eigenvalue weighted by molar-refractivity contribution is -0.137. The van der Waals surface area contributed by atoms with Crippen molar-refractivity contribution in [3.63, 3.8) is 0 Å². The van der Waals surface area contributed by atoms with Crippen LogP contribution in [0.25, 0.3) is 0 Å². The van der Waals surface area contributed by atoms with E-state index in [1.807, 2.05) is 48.5 Å². The molecule has 1 amide bonds. The first-order valence-electron chi connectivity index (χ1n) is 8.43. The first-order chi connectivity index (χ1) is 12.1. The van der Waals surface area contributed by atoms with Crippen molar-refractivity contribution < 1.29 is 19.4 Å². The van der Waals surface area contributed by atoms with Crippen LogP contribution in [0.3, 0.4) is 0 Å². The number of amides is 1. The van der Waals surface area contributed by atoms with Crippen molar-refractivity contribution in [3.05, 3.63) is 65.7 Å². The zero-order chi connectivity index (χ0) is 17.6. The fourth-order valence-corrected chi connectivity index (χ4v) is 3.20. The van der Waals surface area contributed by atoms with Crippen LogP contribution < -0.4 is 4.74 Å². The zero-order valence-electron chi connectivity index (χ0n) is 13.9. The Morgan fingerprint density at radius 3 is 2.56 bits per heavy atom. The van der Waals surface area contributed by atoms with Gasteiger partial charge in [-0.3, -0.25) is 9.59 Å². The number of rotatable bonds is 6. The van der Waals surface area contributed by atoms with Gasteiger partial charge < -0.3 is 14.7 Å². The summed E-state index contributed by atoms with van der Waals surface area (Å²) in [7, 11) is 0. The van der Waals surface area contributed by atoms with E-state index in [1.165, 1.54) is 0 Å². The summed E-state index contributed by atoms with van der Waals surface area (Å²) in [5, 5.41) is 9.05. The van der Waals surface area contributed by atoms with Gasteiger partial charge in [0.15, 0.2) is 0 Å². The molecule has 25 heavy (non-hydrogen) atoms. The summed E-state index contributed by atoms with van der Waals surface area (Å²) in [5.41, 5.74) is 1.38. The monoisotopic (exact) mass is 339 g/mol. The summed E-state index contributed by atoms with van der Waals surface area (Å²) in [6, 6.07) is 16.6. The van der Waals surface area contributed by atoms with Gasteiger partial charge >= 0.3 is 5.97 Å². The number of likely N-dealkylation sites (tertiary alicyclic amines) is 1. The molecule has 0 saturated carbocycles. The maximum Gasteiger partial charge on any atom is 0.305 e. The topological polar surface area (TPSA) is 66.8 Å². The summed E-state index contributed by atoms with van der Waals surface area (Å²) in [6.07, 6.45) is 1.57. The van der Waals surface area contributed by atoms with E-state index in [1.54, 1.807) is 11.0 Å². The van der Waals surface area contributed by atoms with Gasteiger partial charge in [-0.15, -0.1) is 0 Å². The summed E-state index contributed by atoms with van der Waals surface area (Å²) in [5.74, 6) is -0.240. The minimum absolute atomic E-state index is 0.00553. The Bertz CT molecular complexity index is 744. The maximum absolute atomic E-state index is 12.9. The highest BCUT2D eigenvalue weighted by Crippen LogP contribution is 2.24. The van der Waals surface area contributed by atoms with Gasteiger partial charge in [0.25, 0.3) is 5.91 Å². The predicted octanol–water partition coefficient (Wildman–Crippen LogP) is 3.34. The van der Waals surface area contributed by atoms with Gasteiger partial charge in [0.05, 0.1) is 6.42 Å². The third-order valence-electron chi connectivity index (χ3n) is 4.43. The number of hydrogen-bond acceptors (Lipinski definition) is 3. The average molecular weight is 339 g/mol. The number of benzene rings is 2. The van der Waals surface area contributed by atoms with E-state index in [-0.39, 0.29) is 18.4 Å². The highest BCUT2D eigenvalue weighted by Gasteiger charge is 2.31. The van der Waals surface area contributed by atoms with E-state index in [2.05, 4.69) is 0 Å². The number of aliphatic carboxylic acids is 1. The molecule has 3 rings (SSSR count). The molecule has 1 heterocycles. The van der Waals surface area contributed by atoms with Crippen molar-refractivity contribution in [1.29, 1.82) is 0 Å². The Morgan fingerprint density at radius 2 is 1.80 bits per heavy atom. The van der Waals surface area contributed by atoms with Crippen LogP contribution in [-0.2, 0) is 11.4 Å². The van der Waals surface area contributed by atoms with Crippen molar-refractivity contribution >= 4 is 11.9 Å². The molecule has 2 aromatic carbocycles. The Kier molecular flexibility index (Phi) is 5.33. The SMILES string of the molecule is O=C(O)CC1CCCN1C(=O)c1ccccc1COc1ccccc1. The first kappa shape index (κ1) is 17.0. The van der Waals surface area contributed by atoms with Crippen LogP contribution in [0.5, 0.6) is 5.75 Å². The fourth-order valence-electron chi connectivity index (χ4n) is 3.20. The Balaban J connectivity index is 1.75. The Morgan fingerprint density at radius 1 is 1.08 bits per heavy atom. The molecule has 2 aromatic rings. The summed E-state index contributed by atoms with van der Waals surface area (Å²) in [6.45, 7) is 0.897. The molecule has 5 nitrogen and oxygen atoms in total. The molecule has 1 unspecified atom stereocenters. The van der Waals surface area contributed by atoms with Gasteiger partial charge in [0.2, 0.25) is 0 Å². The van der Waals surface area contributed by atoms with Crippen LogP contribution >= 0.6 is 0 Å². The van der Waals surface area contributed by atoms with Crippen LogP contribution in [-0.4, -0.2) is 34.5 Å². The lowest BCUT2D eigenvalue weighted by Gasteiger charge is -2.24. The molecule has 0 spiro atoms. The molecule has 1 aliphatic rings. The lowest BCUT2D eigenvalue weighted by Crippen LogP contribution is -2.37. The van der Waals surface area contributed by atoms with Crippen molar-refractivity contribution in [2.75, 3.05) is 6.54 Å². The van der Waals surface area contributed by atoms with E-state index in [4.69, 9.17) is 9.84 Å². The molecule has 130 valence electrons. The molecule has 0 radical (unpaired) electrons. The quantitative estimate of drug-likeness (QED) is 0.876. The van der Waals surface area contributed by atoms with Crippen molar-refractivity contribution in [2.24, 2.45) is 0 Å². The van der Waals surface area contributed by atoms with Gasteiger partial charge in [-0.05, 0) is 31.0 Å². The third-order valence-corrected chi connectivity index (χ3v) is 4.43. The number of carbonyl (C=O) groups excluding carboxylic acids is 1. The zero-order valence-corrected chi connectivity index (χ0v) is 13.9. The van der Waals surface area contributed by atoms with Gasteiger partial charge in [0.1, 0.15) is 12.4 Å². The Labute approximate surface area is 146 Å². The van der Waals surface area contributed by atoms with Crippen molar-refractivity contribution in [3.8, 4) is 5.75 Å². The summed E-state index contributed by atoms with van der Waals surface area (Å²) < 4.78 is 5.77. The number of ether oxygens (including phenoxy) is 1. The number of hydrogen-bond donors (Lipinski definition) is 1. The van der Waals surface area contributed by atoms with E-state index in [0.717, 1.165) is 24.2 Å². The minimum atomic E-state index is -0.870. The summed E-state index contributed by atoms with van der Waals surface area (Å²) >= 11 is 0. The standard InChI is InChI=1S/C20H21NO4/c22-19(23)13-16-8-6-12-21(16)20(24)18-11-5-4-7-15(18)14-25-17-9-2-1-3-10-17/h1-5,7,9-11,16H,6,8,12-14H2,(H,22,23). The molecule has 0 aliphatic carbocycles. The largest absolute Gasteiger partial charge is 0.489 e. The van der Waals surface area contributed by atoms with Crippen LogP contribution in [0.1, 0.15) is 35.2 Å². The molecule has 1 atom stereocenters. The highest BCUT2D eigenvalue weighted by molar-refractivity contribution is 5.96. The number of carboxylic acid groups (broad SMARTS) is 1. The number of carboxylic acids is 1. The molecule has 1 saturated heterocycles.